The van der Waals surface area contributed by atoms with Crippen LogP contribution < -0.4 is 16.0 Å². The summed E-state index contributed by atoms with van der Waals surface area (Å²) < 4.78 is 32.6. The van der Waals surface area contributed by atoms with E-state index < -0.39 is 17.9 Å². The van der Waals surface area contributed by atoms with E-state index in [0.717, 1.165) is 0 Å². The van der Waals surface area contributed by atoms with E-state index >= 15 is 0 Å². The first kappa shape index (κ1) is 57.3. The van der Waals surface area contributed by atoms with Gasteiger partial charge in [-0.1, -0.05) is 41.5 Å². The largest absolute Gasteiger partial charge is 0.474 e. The summed E-state index contributed by atoms with van der Waals surface area (Å²) in [4.78, 5) is 53.6. The zero-order valence-corrected chi connectivity index (χ0v) is 42.0. The predicted molar refractivity (Wildman–Crippen MR) is 258 cm³/mol. The summed E-state index contributed by atoms with van der Waals surface area (Å²) in [5.74, 6) is -2.32. The maximum atomic E-state index is 12.4. The van der Waals surface area contributed by atoms with Crippen molar-refractivity contribution >= 4 is 17.9 Å². The van der Waals surface area contributed by atoms with Crippen LogP contribution in [-0.2, 0) is 42.8 Å². The minimum Gasteiger partial charge on any atom is -0.474 e. The van der Waals surface area contributed by atoms with Crippen LogP contribution >= 0.6 is 0 Å². The Hall–Kier alpha value is -6.97. The molecule has 19 heteroatoms. The molecule has 0 aromatic carbocycles. The lowest BCUT2D eigenvalue weighted by molar-refractivity contribution is -0.136. The molecule has 0 unspecified atom stereocenters. The van der Waals surface area contributed by atoms with Crippen molar-refractivity contribution < 1.29 is 42.8 Å². The molecule has 70 heavy (non-hydrogen) atoms. The topological polar surface area (TPSA) is 211 Å². The normalized spacial score (nSPS) is 19.2. The highest BCUT2D eigenvalue weighted by Crippen LogP contribution is 2.45. The van der Waals surface area contributed by atoms with Crippen molar-refractivity contribution in [2.45, 2.75) is 80.1 Å². The van der Waals surface area contributed by atoms with Crippen LogP contribution in [0, 0.1) is 65.2 Å². The Kier molecular flexibility index (Phi) is 22.3. The van der Waals surface area contributed by atoms with Gasteiger partial charge in [0.25, 0.3) is 11.4 Å². The summed E-state index contributed by atoms with van der Waals surface area (Å²) >= 11 is 0. The Balaban J connectivity index is 1.66. The maximum Gasteiger partial charge on any atom is 0.348 e. The molecule has 0 saturated carbocycles. The van der Waals surface area contributed by atoms with Gasteiger partial charge in [-0.25, -0.2) is 24.2 Å². The van der Waals surface area contributed by atoms with Crippen LogP contribution in [0.4, 0.5) is 0 Å². The molecule has 0 bridgehead atoms. The van der Waals surface area contributed by atoms with E-state index in [9.17, 15) is 24.9 Å². The second-order valence-corrected chi connectivity index (χ2v) is 19.2. The molecule has 0 aromatic heterocycles. The number of nitriles is 2. The second kappa shape index (κ2) is 27.3. The van der Waals surface area contributed by atoms with Gasteiger partial charge >= 0.3 is 17.9 Å². The third-order valence-corrected chi connectivity index (χ3v) is 11.8. The van der Waals surface area contributed by atoms with Gasteiger partial charge in [-0.3, -0.25) is 14.5 Å². The highest BCUT2D eigenvalue weighted by Gasteiger charge is 2.37. The number of esters is 3. The number of carbonyl (C=O) groups excluding carboxylic acids is 3. The number of nitrogens with one attached hydrogen (secondary N) is 3. The number of rotatable bonds is 24. The minimum atomic E-state index is -0.782. The summed E-state index contributed by atoms with van der Waals surface area (Å²) in [6, 6.07) is 4.10. The molecule has 0 saturated heterocycles. The van der Waals surface area contributed by atoms with Crippen LogP contribution in [0.5, 0.6) is 0 Å². The van der Waals surface area contributed by atoms with Crippen molar-refractivity contribution in [3.05, 3.63) is 113 Å². The fourth-order valence-corrected chi connectivity index (χ4v) is 8.62. The average Bonchev–Trinajstić information content (AvgIpc) is 3.31. The Morgan fingerprint density at radius 2 is 0.914 bits per heavy atom. The summed E-state index contributed by atoms with van der Waals surface area (Å²) in [5.41, 5.74) is 2.31. The van der Waals surface area contributed by atoms with E-state index in [1.165, 1.54) is 21.3 Å². The zero-order valence-electron chi connectivity index (χ0n) is 42.0. The molecule has 3 N–H and O–H groups in total. The van der Waals surface area contributed by atoms with Crippen molar-refractivity contribution in [2.75, 3.05) is 100 Å². The van der Waals surface area contributed by atoms with Gasteiger partial charge in [0.2, 0.25) is 0 Å². The molecule has 3 aliphatic rings. The smallest absolute Gasteiger partial charge is 0.348 e. The highest BCUT2D eigenvalue weighted by molar-refractivity contribution is 5.95. The fourth-order valence-electron chi connectivity index (χ4n) is 8.62. The Bertz CT molecular complexity index is 2170. The van der Waals surface area contributed by atoms with Crippen LogP contribution in [-0.4, -0.2) is 123 Å². The highest BCUT2D eigenvalue weighted by atomic mass is 16.5. The van der Waals surface area contributed by atoms with Gasteiger partial charge in [-0.15, -0.1) is 0 Å². The van der Waals surface area contributed by atoms with Crippen molar-refractivity contribution in [2.24, 2.45) is 16.2 Å². The molecular weight excluding hydrogens is 897 g/mol. The zero-order chi connectivity index (χ0) is 52.1. The lowest BCUT2D eigenvalue weighted by Gasteiger charge is -2.34. The molecule has 0 aromatic rings. The summed E-state index contributed by atoms with van der Waals surface area (Å²) in [6.45, 7) is 47.8. The first-order chi connectivity index (χ1) is 33.3. The van der Waals surface area contributed by atoms with E-state index in [0.29, 0.717) is 151 Å². The quantitative estimate of drug-likeness (QED) is 0.0242. The molecule has 374 valence electrons. The monoisotopic (exact) mass is 963 g/mol. The lowest BCUT2D eigenvalue weighted by atomic mass is 9.73. The molecule has 0 atom stereocenters. The number of nitrogens with zero attached hydrogens (tertiary/aromatic N) is 7. The number of carbonyl (C=O) groups is 3. The van der Waals surface area contributed by atoms with Gasteiger partial charge < -0.3 is 44.4 Å². The molecular formula is C51H66N10O9. The number of hydrogen-bond acceptors (Lipinski definition) is 15. The lowest BCUT2D eigenvalue weighted by Crippen LogP contribution is -2.36. The van der Waals surface area contributed by atoms with E-state index in [4.69, 9.17) is 54.7 Å². The first-order valence-corrected chi connectivity index (χ1v) is 22.9. The summed E-state index contributed by atoms with van der Waals surface area (Å²) in [7, 11) is 3.62. The molecule has 19 nitrogen and oxygen atoms in total. The van der Waals surface area contributed by atoms with Crippen LogP contribution in [0.1, 0.15) is 80.1 Å². The van der Waals surface area contributed by atoms with Gasteiger partial charge in [0, 0.05) is 56.4 Å². The molecule has 0 radical (unpaired) electrons. The average molecular weight is 963 g/mol. The van der Waals surface area contributed by atoms with Crippen molar-refractivity contribution in [3.63, 3.8) is 0 Å². The van der Waals surface area contributed by atoms with E-state index in [-0.39, 0.29) is 50.2 Å². The summed E-state index contributed by atoms with van der Waals surface area (Å²) in [6.07, 6.45) is 2.79. The number of hydrogen-bond donors (Lipinski definition) is 3. The number of ether oxygens (including phenoxy) is 6. The van der Waals surface area contributed by atoms with E-state index in [1.54, 1.807) is 0 Å². The minimum absolute atomic E-state index is 0.179. The van der Waals surface area contributed by atoms with Crippen LogP contribution in [0.2, 0.25) is 0 Å². The Morgan fingerprint density at radius 3 is 1.24 bits per heavy atom. The Morgan fingerprint density at radius 1 is 0.557 bits per heavy atom. The molecule has 0 fully saturated rings. The second-order valence-electron chi connectivity index (χ2n) is 19.2. The fraction of sp³-hybridized carbons (Fsp3) is 0.588. The number of allylic oxidation sites excluding steroid dienone is 7. The molecule has 0 heterocycles. The van der Waals surface area contributed by atoms with Crippen molar-refractivity contribution in [1.82, 2.24) is 20.9 Å². The van der Waals surface area contributed by atoms with Crippen LogP contribution in [0.25, 0.3) is 19.4 Å². The van der Waals surface area contributed by atoms with Crippen LogP contribution in [0.15, 0.2) is 67.7 Å². The molecule has 0 aliphatic heterocycles. The third kappa shape index (κ3) is 16.3. The summed E-state index contributed by atoms with van der Waals surface area (Å²) in [5, 5.41) is 29.8. The van der Waals surface area contributed by atoms with Crippen LogP contribution in [0.3, 0.4) is 0 Å². The van der Waals surface area contributed by atoms with Gasteiger partial charge in [-0.2, -0.15) is 10.5 Å². The van der Waals surface area contributed by atoms with Gasteiger partial charge in [-0.05, 0) is 71.5 Å². The third-order valence-electron chi connectivity index (χ3n) is 11.8. The Labute approximate surface area is 413 Å². The molecule has 3 aliphatic carbocycles. The SMILES string of the molecule is [C-]#[N+]C1=C(NCCOCCN(CCOCCNC2=C([N+]#[C-])/C(=C(\[N+]#[C-])C(=O)OC)CC(C)(C)C2)CCOCCNC2=C(C#N)/C(=C(\C#N)C(=O)OC)CC(C)(C)C2)CC(C)(C)C/C1=C(/[N+]#[C-])C(=O)OC. The van der Waals surface area contributed by atoms with Gasteiger partial charge in [0.05, 0.1) is 92.8 Å². The standard InChI is InChI=1S/C51H66N10O9/c1-49(2)26-34(38(33-53)46(62)65-11)37(32-52)39(29-49)58-14-20-68-23-17-61(18-24-69-21-15-59-40-30-50(3,4)27-35(42(40)54-7)44(56-9)47(63)66-12)19-25-70-22-16-60-41-31-51(5,6)28-36(43(41)55-8)45(57-10)48(64)67-13/h58-60H,14-31H2,1-6,11-13H3/b38-34+,44-35-,45-36-. The predicted octanol–water partition coefficient (Wildman–Crippen LogP) is 6.29. The molecule has 3 rings (SSSR count). The maximum absolute atomic E-state index is 12.4. The van der Waals surface area contributed by atoms with E-state index in [2.05, 4.69) is 46.3 Å². The van der Waals surface area contributed by atoms with Gasteiger partial charge in [0.15, 0.2) is 11.4 Å². The first-order valence-electron chi connectivity index (χ1n) is 22.9. The number of methoxy groups -OCH3 is 3. The molecule has 0 amide bonds. The molecule has 0 spiro atoms. The van der Waals surface area contributed by atoms with Crippen molar-refractivity contribution in [3.8, 4) is 12.1 Å². The van der Waals surface area contributed by atoms with Crippen molar-refractivity contribution in [1.29, 1.82) is 10.5 Å². The van der Waals surface area contributed by atoms with E-state index in [1.807, 2.05) is 47.6 Å². The van der Waals surface area contributed by atoms with Gasteiger partial charge in [0.1, 0.15) is 17.7 Å².